The summed E-state index contributed by atoms with van der Waals surface area (Å²) in [4.78, 5) is 16.9. The highest BCUT2D eigenvalue weighted by molar-refractivity contribution is 7.99. The smallest absolute Gasteiger partial charge is 0.264 e. The number of thiocarbonyl (C=S) groups is 1. The average Bonchev–Trinajstić information content (AvgIpc) is 2.84. The largest absolute Gasteiger partial charge is 0.293 e. The Morgan fingerprint density at radius 1 is 1.38 bits per heavy atom. The highest BCUT2D eigenvalue weighted by atomic mass is 35.5. The first kappa shape index (κ1) is 18.0. The van der Waals surface area contributed by atoms with Gasteiger partial charge in [-0.15, -0.1) is 0 Å². The van der Waals surface area contributed by atoms with E-state index in [1.807, 2.05) is 6.92 Å². The van der Waals surface area contributed by atoms with Gasteiger partial charge in [-0.1, -0.05) is 53.7 Å². The number of fused-ring (bicyclic) bond motifs is 1. The molecule has 0 fully saturated rings. The molecule has 3 rings (SSSR count). The van der Waals surface area contributed by atoms with Crippen molar-refractivity contribution in [3.05, 3.63) is 31.6 Å². The Balaban J connectivity index is 1.91. The summed E-state index contributed by atoms with van der Waals surface area (Å²) >= 11 is 18.0. The molecule has 0 spiro atoms. The van der Waals surface area contributed by atoms with Crippen LogP contribution in [0.25, 0.3) is 0 Å². The molecule has 0 bridgehead atoms. The van der Waals surface area contributed by atoms with Crippen LogP contribution in [0.4, 0.5) is 5.13 Å². The Morgan fingerprint density at radius 2 is 2.08 bits per heavy atom. The van der Waals surface area contributed by atoms with Crippen molar-refractivity contribution >= 4 is 72.6 Å². The van der Waals surface area contributed by atoms with E-state index >= 15 is 0 Å². The fourth-order valence-corrected chi connectivity index (χ4v) is 5.91. The quantitative estimate of drug-likeness (QED) is 0.744. The Labute approximate surface area is 158 Å². The number of anilines is 1. The Morgan fingerprint density at radius 3 is 2.79 bits per heavy atom. The van der Waals surface area contributed by atoms with E-state index in [0.717, 1.165) is 11.3 Å². The minimum Gasteiger partial charge on any atom is -0.293 e. The number of rotatable bonds is 3. The second-order valence-electron chi connectivity index (χ2n) is 5.70. The van der Waals surface area contributed by atoms with E-state index in [1.165, 1.54) is 6.08 Å². The van der Waals surface area contributed by atoms with E-state index < -0.39 is 10.0 Å². The number of carbonyl (C=O) groups is 1. The lowest BCUT2D eigenvalue weighted by atomic mass is 9.92. The van der Waals surface area contributed by atoms with Crippen molar-refractivity contribution in [2.45, 2.75) is 26.2 Å². The van der Waals surface area contributed by atoms with Crippen LogP contribution >= 0.6 is 46.8 Å². The zero-order valence-corrected chi connectivity index (χ0v) is 16.4. The Kier molecular flexibility index (Phi) is 4.87. The van der Waals surface area contributed by atoms with Gasteiger partial charge in [0.1, 0.15) is 4.91 Å². The Hall–Kier alpha value is -0.800. The molecule has 1 N–H and O–H groups in total. The number of halogens is 2. The molecule has 0 saturated carbocycles. The zero-order valence-electron chi connectivity index (χ0n) is 12.4. The zero-order chi connectivity index (χ0) is 17.6. The predicted molar refractivity (Wildman–Crippen MR) is 101 cm³/mol. The summed E-state index contributed by atoms with van der Waals surface area (Å²) in [6.07, 6.45) is 2.45. The van der Waals surface area contributed by atoms with Gasteiger partial charge >= 0.3 is 0 Å². The van der Waals surface area contributed by atoms with Gasteiger partial charge in [-0.05, 0) is 18.4 Å². The molecule has 0 amide bonds. The topological polar surface area (TPSA) is 76.1 Å². The van der Waals surface area contributed by atoms with Crippen molar-refractivity contribution in [1.29, 1.82) is 0 Å². The number of hydrogen-bond acceptors (Lipinski definition) is 6. The number of aromatic nitrogens is 1. The lowest BCUT2D eigenvalue weighted by Crippen LogP contribution is -2.21. The second kappa shape index (κ2) is 6.49. The fourth-order valence-electron chi connectivity index (χ4n) is 2.55. The first-order chi connectivity index (χ1) is 11.2. The normalized spacial score (nSPS) is 21.6. The summed E-state index contributed by atoms with van der Waals surface area (Å²) in [6.45, 7) is 1.97. The van der Waals surface area contributed by atoms with E-state index in [2.05, 4.69) is 9.71 Å². The molecule has 5 nitrogen and oxygen atoms in total. The number of thiazole rings is 1. The van der Waals surface area contributed by atoms with Gasteiger partial charge in [0.15, 0.2) is 10.9 Å². The molecular formula is C14H12Cl2N2O3S3. The summed E-state index contributed by atoms with van der Waals surface area (Å²) in [7, 11) is -3.94. The third-order valence-corrected chi connectivity index (χ3v) is 7.50. The van der Waals surface area contributed by atoms with E-state index in [1.54, 1.807) is 0 Å². The van der Waals surface area contributed by atoms with E-state index in [4.69, 9.17) is 35.4 Å². The third-order valence-electron chi connectivity index (χ3n) is 3.65. The van der Waals surface area contributed by atoms with Crippen molar-refractivity contribution in [1.82, 2.24) is 4.98 Å². The number of carbonyl (C=O) groups excluding carboxylic acids is 1. The summed E-state index contributed by atoms with van der Waals surface area (Å²) < 4.78 is 27.5. The molecule has 1 atom stereocenters. The predicted octanol–water partition coefficient (Wildman–Crippen LogP) is 4.00. The number of ketones is 1. The molecular weight excluding hydrogens is 411 g/mol. The maximum Gasteiger partial charge on any atom is 0.264 e. The van der Waals surface area contributed by atoms with Crippen molar-refractivity contribution in [3.63, 3.8) is 0 Å². The number of nitrogens with zero attached hydrogens (tertiary/aromatic N) is 1. The van der Waals surface area contributed by atoms with Gasteiger partial charge in [-0.3, -0.25) is 9.52 Å². The minimum atomic E-state index is -3.94. The van der Waals surface area contributed by atoms with Crippen LogP contribution < -0.4 is 4.72 Å². The standard InChI is InChI=1S/C14H12Cl2N2O3S3/c1-6-2-9-13(10(19)3-6)23-14(17-9)18-24(20,21)12-5-8(16)7(15)4-11(12)22/h5-6H,2-4H2,1H3,(H,17,18). The molecule has 2 aliphatic carbocycles. The van der Waals surface area contributed by atoms with Crippen LogP contribution in [-0.2, 0) is 16.4 Å². The SMILES string of the molecule is CC1CC(=O)c2sc(NS(=O)(=O)C3=CC(Cl)=C(Cl)CC3=S)nc2C1. The average molecular weight is 423 g/mol. The van der Waals surface area contributed by atoms with Gasteiger partial charge in [0, 0.05) is 22.7 Å². The summed E-state index contributed by atoms with van der Waals surface area (Å²) in [6, 6.07) is 0. The second-order valence-corrected chi connectivity index (χ2v) is 9.70. The van der Waals surface area contributed by atoms with Crippen molar-refractivity contribution in [3.8, 4) is 0 Å². The fraction of sp³-hybridized carbons (Fsp3) is 0.357. The lowest BCUT2D eigenvalue weighted by Gasteiger charge is -2.15. The van der Waals surface area contributed by atoms with Crippen LogP contribution in [0.3, 0.4) is 0 Å². The van der Waals surface area contributed by atoms with Gasteiger partial charge in [0.05, 0.1) is 15.6 Å². The molecule has 24 heavy (non-hydrogen) atoms. The van der Waals surface area contributed by atoms with Gasteiger partial charge in [0.25, 0.3) is 10.0 Å². The molecule has 0 aliphatic heterocycles. The van der Waals surface area contributed by atoms with Crippen molar-refractivity contribution in [2.75, 3.05) is 4.72 Å². The third kappa shape index (κ3) is 3.43. The molecule has 0 radical (unpaired) electrons. The van der Waals surface area contributed by atoms with Crippen LogP contribution in [0, 0.1) is 5.92 Å². The van der Waals surface area contributed by atoms with Crippen LogP contribution in [0.2, 0.25) is 0 Å². The van der Waals surface area contributed by atoms with Crippen molar-refractivity contribution in [2.24, 2.45) is 5.92 Å². The summed E-state index contributed by atoms with van der Waals surface area (Å²) in [5.74, 6) is 0.202. The van der Waals surface area contributed by atoms with E-state index in [9.17, 15) is 13.2 Å². The highest BCUT2D eigenvalue weighted by Gasteiger charge is 2.30. The van der Waals surface area contributed by atoms with E-state index in [0.29, 0.717) is 28.4 Å². The number of Topliss-reactive ketones (excluding diaryl/α,β-unsaturated/α-hetero) is 1. The first-order valence-corrected chi connectivity index (χ1v) is 10.5. The number of hydrogen-bond donors (Lipinski definition) is 1. The number of nitrogens with one attached hydrogen (secondary N) is 1. The van der Waals surface area contributed by atoms with Crippen LogP contribution in [0.1, 0.15) is 35.1 Å². The van der Waals surface area contributed by atoms with Gasteiger partial charge in [-0.2, -0.15) is 0 Å². The van der Waals surface area contributed by atoms with Crippen molar-refractivity contribution < 1.29 is 13.2 Å². The molecule has 0 aromatic carbocycles. The Bertz CT molecular complexity index is 916. The first-order valence-electron chi connectivity index (χ1n) is 7.02. The molecule has 10 heteroatoms. The molecule has 1 aromatic heterocycles. The van der Waals surface area contributed by atoms with Gasteiger partial charge in [0.2, 0.25) is 0 Å². The molecule has 1 heterocycles. The van der Waals surface area contributed by atoms with Gasteiger partial charge in [-0.25, -0.2) is 13.4 Å². The highest BCUT2D eigenvalue weighted by Crippen LogP contribution is 2.34. The summed E-state index contributed by atoms with van der Waals surface area (Å²) in [5, 5.41) is 0.612. The molecule has 128 valence electrons. The van der Waals surface area contributed by atoms with Crippen LogP contribution in [-0.4, -0.2) is 24.0 Å². The molecule has 2 aliphatic rings. The minimum absolute atomic E-state index is 0.00291. The maximum atomic E-state index is 12.6. The molecule has 1 unspecified atom stereocenters. The monoisotopic (exact) mass is 422 g/mol. The molecule has 1 aromatic rings. The van der Waals surface area contributed by atoms with E-state index in [-0.39, 0.29) is 38.1 Å². The van der Waals surface area contributed by atoms with Gasteiger partial charge < -0.3 is 0 Å². The summed E-state index contributed by atoms with van der Waals surface area (Å²) in [5.41, 5.74) is 0.641. The maximum absolute atomic E-state index is 12.6. The van der Waals surface area contributed by atoms with Crippen LogP contribution in [0.5, 0.6) is 0 Å². The van der Waals surface area contributed by atoms with Crippen LogP contribution in [0.15, 0.2) is 21.0 Å². The number of allylic oxidation sites excluding steroid dienone is 4. The lowest BCUT2D eigenvalue weighted by molar-refractivity contribution is 0.0957. The molecule has 0 saturated heterocycles. The number of sulfonamides is 1.